The van der Waals surface area contributed by atoms with Crippen molar-refractivity contribution in [1.29, 1.82) is 0 Å². The second kappa shape index (κ2) is 4.48. The van der Waals surface area contributed by atoms with E-state index >= 15 is 0 Å². The number of hydrogen-bond acceptors (Lipinski definition) is 1. The third kappa shape index (κ3) is 3.74. The van der Waals surface area contributed by atoms with Gasteiger partial charge in [0.05, 0.1) is 0 Å². The average molecular weight is 171 g/mol. The monoisotopic (exact) mass is 171 g/mol. The molecule has 0 saturated carbocycles. The molecule has 1 unspecified atom stereocenters. The molecule has 0 aromatic heterocycles. The SMILES string of the molecule is CCC(C)(C)CC(C)C(=O)NC. The van der Waals surface area contributed by atoms with E-state index in [1.165, 1.54) is 0 Å². The molecule has 0 aromatic carbocycles. The molecule has 0 heterocycles. The number of nitrogens with one attached hydrogen (secondary N) is 1. The molecular weight excluding hydrogens is 150 g/mol. The van der Waals surface area contributed by atoms with Gasteiger partial charge in [0.25, 0.3) is 0 Å². The molecule has 1 N–H and O–H groups in total. The zero-order valence-electron chi connectivity index (χ0n) is 8.90. The molecule has 0 bridgehead atoms. The number of rotatable bonds is 4. The zero-order valence-corrected chi connectivity index (χ0v) is 8.90. The van der Waals surface area contributed by atoms with Crippen molar-refractivity contribution < 1.29 is 4.79 Å². The van der Waals surface area contributed by atoms with Crippen LogP contribution in [0.1, 0.15) is 40.5 Å². The van der Waals surface area contributed by atoms with Crippen LogP contribution in [0, 0.1) is 11.3 Å². The second-order valence-electron chi connectivity index (χ2n) is 4.24. The van der Waals surface area contributed by atoms with Crippen LogP contribution in [-0.2, 0) is 4.79 Å². The van der Waals surface area contributed by atoms with E-state index in [0.717, 1.165) is 12.8 Å². The summed E-state index contributed by atoms with van der Waals surface area (Å²) >= 11 is 0. The van der Waals surface area contributed by atoms with Gasteiger partial charge in [0.1, 0.15) is 0 Å². The maximum absolute atomic E-state index is 11.2. The molecular formula is C10H21NO. The van der Waals surface area contributed by atoms with E-state index in [2.05, 4.69) is 26.1 Å². The van der Waals surface area contributed by atoms with Gasteiger partial charge in [0.2, 0.25) is 5.91 Å². The van der Waals surface area contributed by atoms with Gasteiger partial charge in [-0.15, -0.1) is 0 Å². The van der Waals surface area contributed by atoms with Gasteiger partial charge in [-0.2, -0.15) is 0 Å². The van der Waals surface area contributed by atoms with Gasteiger partial charge in [0.15, 0.2) is 0 Å². The maximum Gasteiger partial charge on any atom is 0.222 e. The fourth-order valence-corrected chi connectivity index (χ4v) is 1.31. The maximum atomic E-state index is 11.2. The van der Waals surface area contributed by atoms with Crippen LogP contribution in [0.25, 0.3) is 0 Å². The molecule has 1 amide bonds. The van der Waals surface area contributed by atoms with E-state index in [-0.39, 0.29) is 17.2 Å². The summed E-state index contributed by atoms with van der Waals surface area (Å²) in [4.78, 5) is 11.2. The molecule has 12 heavy (non-hydrogen) atoms. The van der Waals surface area contributed by atoms with Gasteiger partial charge in [-0.3, -0.25) is 4.79 Å². The van der Waals surface area contributed by atoms with Crippen LogP contribution in [-0.4, -0.2) is 13.0 Å². The third-order valence-electron chi connectivity index (χ3n) is 2.51. The zero-order chi connectivity index (χ0) is 9.78. The van der Waals surface area contributed by atoms with Gasteiger partial charge in [-0.25, -0.2) is 0 Å². The molecule has 0 saturated heterocycles. The van der Waals surface area contributed by atoms with E-state index in [1.54, 1.807) is 7.05 Å². The summed E-state index contributed by atoms with van der Waals surface area (Å²) in [7, 11) is 1.69. The minimum Gasteiger partial charge on any atom is -0.359 e. The minimum absolute atomic E-state index is 0.130. The van der Waals surface area contributed by atoms with Gasteiger partial charge in [-0.1, -0.05) is 34.1 Å². The number of hydrogen-bond donors (Lipinski definition) is 1. The lowest BCUT2D eigenvalue weighted by Crippen LogP contribution is -2.29. The lowest BCUT2D eigenvalue weighted by atomic mass is 9.81. The fraction of sp³-hybridized carbons (Fsp3) is 0.900. The Kier molecular flexibility index (Phi) is 4.29. The van der Waals surface area contributed by atoms with Crippen molar-refractivity contribution >= 4 is 5.91 Å². The predicted molar refractivity (Wildman–Crippen MR) is 51.9 cm³/mol. The van der Waals surface area contributed by atoms with E-state index in [4.69, 9.17) is 0 Å². The van der Waals surface area contributed by atoms with E-state index in [9.17, 15) is 4.79 Å². The summed E-state index contributed by atoms with van der Waals surface area (Å²) in [6.07, 6.45) is 2.08. The highest BCUT2D eigenvalue weighted by Gasteiger charge is 2.22. The molecule has 0 aliphatic rings. The van der Waals surface area contributed by atoms with Gasteiger partial charge >= 0.3 is 0 Å². The van der Waals surface area contributed by atoms with Gasteiger partial charge in [-0.05, 0) is 11.8 Å². The molecule has 2 heteroatoms. The topological polar surface area (TPSA) is 29.1 Å². The van der Waals surface area contributed by atoms with E-state index in [0.29, 0.717) is 0 Å². The average Bonchev–Trinajstić information content (AvgIpc) is 2.02. The molecule has 72 valence electrons. The molecule has 0 fully saturated rings. The van der Waals surface area contributed by atoms with Crippen LogP contribution < -0.4 is 5.32 Å². The first-order valence-electron chi connectivity index (χ1n) is 4.64. The van der Waals surface area contributed by atoms with Gasteiger partial charge < -0.3 is 5.32 Å². The number of amides is 1. The quantitative estimate of drug-likeness (QED) is 0.690. The lowest BCUT2D eigenvalue weighted by molar-refractivity contribution is -0.124. The van der Waals surface area contributed by atoms with Crippen LogP contribution >= 0.6 is 0 Å². The Morgan fingerprint density at radius 2 is 2.00 bits per heavy atom. The second-order valence-corrected chi connectivity index (χ2v) is 4.24. The van der Waals surface area contributed by atoms with Crippen LogP contribution in [0.15, 0.2) is 0 Å². The van der Waals surface area contributed by atoms with Crippen molar-refractivity contribution in [3.8, 4) is 0 Å². The molecule has 0 aliphatic carbocycles. The van der Waals surface area contributed by atoms with Crippen molar-refractivity contribution in [3.63, 3.8) is 0 Å². The molecule has 1 atom stereocenters. The Morgan fingerprint density at radius 1 is 1.50 bits per heavy atom. The first kappa shape index (κ1) is 11.5. The molecule has 0 aliphatic heterocycles. The number of carbonyl (C=O) groups is 1. The van der Waals surface area contributed by atoms with Crippen LogP contribution in [0.5, 0.6) is 0 Å². The van der Waals surface area contributed by atoms with Crippen molar-refractivity contribution in [2.24, 2.45) is 11.3 Å². The largest absolute Gasteiger partial charge is 0.359 e. The molecule has 2 nitrogen and oxygen atoms in total. The Labute approximate surface area is 75.7 Å². The molecule has 0 spiro atoms. The fourth-order valence-electron chi connectivity index (χ4n) is 1.31. The summed E-state index contributed by atoms with van der Waals surface area (Å²) in [5.41, 5.74) is 0.284. The first-order chi connectivity index (χ1) is 5.43. The van der Waals surface area contributed by atoms with E-state index < -0.39 is 0 Å². The molecule has 0 rings (SSSR count). The first-order valence-corrected chi connectivity index (χ1v) is 4.64. The lowest BCUT2D eigenvalue weighted by Gasteiger charge is -2.25. The Bertz CT molecular complexity index is 152. The van der Waals surface area contributed by atoms with Crippen molar-refractivity contribution in [3.05, 3.63) is 0 Å². The van der Waals surface area contributed by atoms with Gasteiger partial charge in [0, 0.05) is 13.0 Å². The van der Waals surface area contributed by atoms with Crippen LogP contribution in [0.2, 0.25) is 0 Å². The van der Waals surface area contributed by atoms with Crippen LogP contribution in [0.4, 0.5) is 0 Å². The molecule has 0 aromatic rings. The van der Waals surface area contributed by atoms with Crippen LogP contribution in [0.3, 0.4) is 0 Å². The Morgan fingerprint density at radius 3 is 2.33 bits per heavy atom. The summed E-state index contributed by atoms with van der Waals surface area (Å²) in [5, 5.41) is 2.67. The highest BCUT2D eigenvalue weighted by Crippen LogP contribution is 2.28. The smallest absolute Gasteiger partial charge is 0.222 e. The Balaban J connectivity index is 3.99. The van der Waals surface area contributed by atoms with Crippen molar-refractivity contribution in [1.82, 2.24) is 5.32 Å². The van der Waals surface area contributed by atoms with Crippen molar-refractivity contribution in [2.75, 3.05) is 7.05 Å². The van der Waals surface area contributed by atoms with E-state index in [1.807, 2.05) is 6.92 Å². The summed E-state index contributed by atoms with van der Waals surface area (Å²) in [6, 6.07) is 0. The highest BCUT2D eigenvalue weighted by molar-refractivity contribution is 5.77. The predicted octanol–water partition coefficient (Wildman–Crippen LogP) is 2.19. The minimum atomic E-state index is 0.130. The highest BCUT2D eigenvalue weighted by atomic mass is 16.1. The normalized spacial score (nSPS) is 14.1. The standard InChI is InChI=1S/C10H21NO/c1-6-10(3,4)7-8(2)9(12)11-5/h8H,6-7H2,1-5H3,(H,11,12). The summed E-state index contributed by atoms with van der Waals surface area (Å²) in [6.45, 7) is 8.55. The summed E-state index contributed by atoms with van der Waals surface area (Å²) < 4.78 is 0. The Hall–Kier alpha value is -0.530. The third-order valence-corrected chi connectivity index (χ3v) is 2.51. The van der Waals surface area contributed by atoms with Crippen molar-refractivity contribution in [2.45, 2.75) is 40.5 Å². The molecule has 0 radical (unpaired) electrons. The summed E-state index contributed by atoms with van der Waals surface area (Å²) in [5.74, 6) is 0.279. The number of carbonyl (C=O) groups excluding carboxylic acids is 1.